The van der Waals surface area contributed by atoms with Crippen LogP contribution in [0.4, 0.5) is 10.1 Å². The number of halogens is 1. The van der Waals surface area contributed by atoms with Gasteiger partial charge in [-0.3, -0.25) is 10.1 Å². The van der Waals surface area contributed by atoms with Gasteiger partial charge in [0, 0.05) is 12.6 Å². The van der Waals surface area contributed by atoms with E-state index < -0.39 is 10.7 Å². The molecule has 106 valence electrons. The van der Waals surface area contributed by atoms with Crippen LogP contribution in [0.5, 0.6) is 0 Å². The van der Waals surface area contributed by atoms with Gasteiger partial charge in [0.25, 0.3) is 5.69 Å². The maximum absolute atomic E-state index is 13.3. The molecule has 1 heterocycles. The average molecular weight is 279 g/mol. The molecule has 20 heavy (non-hydrogen) atoms. The van der Waals surface area contributed by atoms with E-state index >= 15 is 0 Å². The van der Waals surface area contributed by atoms with Gasteiger partial charge in [-0.25, -0.2) is 9.07 Å². The van der Waals surface area contributed by atoms with Crippen LogP contribution in [0.2, 0.25) is 0 Å². The Balaban J connectivity index is 2.13. The first kappa shape index (κ1) is 14.1. The van der Waals surface area contributed by atoms with Gasteiger partial charge in [0.15, 0.2) is 0 Å². The monoisotopic (exact) mass is 279 g/mol. The fourth-order valence-corrected chi connectivity index (χ4v) is 1.77. The van der Waals surface area contributed by atoms with E-state index in [9.17, 15) is 14.5 Å². The lowest BCUT2D eigenvalue weighted by molar-refractivity contribution is -0.385. The van der Waals surface area contributed by atoms with E-state index in [0.29, 0.717) is 12.1 Å². The highest BCUT2D eigenvalue weighted by Gasteiger charge is 2.10. The number of nitro benzene ring substituents is 1. The van der Waals surface area contributed by atoms with E-state index in [1.807, 2.05) is 6.92 Å². The Labute approximate surface area is 114 Å². The summed E-state index contributed by atoms with van der Waals surface area (Å²) >= 11 is 0. The minimum Gasteiger partial charge on any atom is -0.311 e. The normalized spacial score (nSPS) is 10.7. The molecule has 7 nitrogen and oxygen atoms in total. The number of rotatable bonds is 6. The molecule has 0 amide bonds. The summed E-state index contributed by atoms with van der Waals surface area (Å²) in [5.74, 6) is -0.637. The average Bonchev–Trinajstić information content (AvgIpc) is 2.83. The predicted octanol–water partition coefficient (Wildman–Crippen LogP) is 1.48. The maximum atomic E-state index is 13.3. The summed E-state index contributed by atoms with van der Waals surface area (Å²) in [4.78, 5) is 10.1. The minimum absolute atomic E-state index is 0.234. The molecule has 1 aromatic carbocycles. The van der Waals surface area contributed by atoms with Crippen LogP contribution in [0, 0.1) is 15.9 Å². The van der Waals surface area contributed by atoms with Crippen molar-refractivity contribution in [2.24, 2.45) is 0 Å². The summed E-state index contributed by atoms with van der Waals surface area (Å²) in [5, 5.41) is 21.6. The zero-order valence-corrected chi connectivity index (χ0v) is 10.9. The van der Waals surface area contributed by atoms with Gasteiger partial charge in [0.05, 0.1) is 29.4 Å². The Bertz CT molecular complexity index is 614. The second-order valence-electron chi connectivity index (χ2n) is 4.26. The summed E-state index contributed by atoms with van der Waals surface area (Å²) in [6.45, 7) is 3.64. The van der Waals surface area contributed by atoms with E-state index in [1.54, 1.807) is 6.20 Å². The van der Waals surface area contributed by atoms with Crippen LogP contribution in [0.3, 0.4) is 0 Å². The van der Waals surface area contributed by atoms with E-state index in [0.717, 1.165) is 18.3 Å². The van der Waals surface area contributed by atoms with E-state index in [1.165, 1.54) is 16.8 Å². The number of hydrogen-bond acceptors (Lipinski definition) is 5. The first-order chi connectivity index (χ1) is 9.58. The molecule has 0 atom stereocenters. The Morgan fingerprint density at radius 1 is 1.45 bits per heavy atom. The standard InChI is InChI=1S/C12H14FN5O2/c1-2-14-6-11-8-17(16-15-11)7-9-3-10(13)5-12(4-9)18(19)20/h3-5,8,14H,2,6-7H2,1H3. The number of nitro groups is 1. The van der Waals surface area contributed by atoms with Gasteiger partial charge in [-0.1, -0.05) is 12.1 Å². The molecule has 0 spiro atoms. The third-order valence-electron chi connectivity index (χ3n) is 2.64. The summed E-state index contributed by atoms with van der Waals surface area (Å²) in [7, 11) is 0. The van der Waals surface area contributed by atoms with Crippen molar-refractivity contribution in [3.8, 4) is 0 Å². The molecule has 0 unspecified atom stereocenters. The first-order valence-corrected chi connectivity index (χ1v) is 6.12. The van der Waals surface area contributed by atoms with Gasteiger partial charge in [-0.2, -0.15) is 0 Å². The van der Waals surface area contributed by atoms with Crippen LogP contribution in [-0.4, -0.2) is 26.5 Å². The van der Waals surface area contributed by atoms with Gasteiger partial charge in [-0.15, -0.1) is 5.10 Å². The van der Waals surface area contributed by atoms with Crippen LogP contribution in [-0.2, 0) is 13.1 Å². The highest BCUT2D eigenvalue weighted by atomic mass is 19.1. The van der Waals surface area contributed by atoms with Crippen molar-refractivity contribution in [3.05, 3.63) is 51.6 Å². The first-order valence-electron chi connectivity index (χ1n) is 6.12. The molecular formula is C12H14FN5O2. The molecule has 0 radical (unpaired) electrons. The zero-order chi connectivity index (χ0) is 14.5. The second kappa shape index (κ2) is 6.20. The second-order valence-corrected chi connectivity index (χ2v) is 4.26. The topological polar surface area (TPSA) is 85.9 Å². The van der Waals surface area contributed by atoms with Crippen LogP contribution < -0.4 is 5.32 Å². The molecular weight excluding hydrogens is 265 g/mol. The Morgan fingerprint density at radius 3 is 2.95 bits per heavy atom. The maximum Gasteiger partial charge on any atom is 0.272 e. The molecule has 0 saturated heterocycles. The molecule has 1 aromatic heterocycles. The number of benzene rings is 1. The number of nitrogens with one attached hydrogen (secondary N) is 1. The van der Waals surface area contributed by atoms with Crippen molar-refractivity contribution in [1.29, 1.82) is 0 Å². The van der Waals surface area contributed by atoms with E-state index in [2.05, 4.69) is 15.6 Å². The molecule has 0 bridgehead atoms. The van der Waals surface area contributed by atoms with Crippen LogP contribution in [0.15, 0.2) is 24.4 Å². The fraction of sp³-hybridized carbons (Fsp3) is 0.333. The molecule has 0 aliphatic rings. The zero-order valence-electron chi connectivity index (χ0n) is 10.9. The third-order valence-corrected chi connectivity index (χ3v) is 2.64. The van der Waals surface area contributed by atoms with Crippen molar-refractivity contribution < 1.29 is 9.31 Å². The quantitative estimate of drug-likeness (QED) is 0.639. The Morgan fingerprint density at radius 2 is 2.25 bits per heavy atom. The largest absolute Gasteiger partial charge is 0.311 e. The minimum atomic E-state index is -0.637. The van der Waals surface area contributed by atoms with Crippen molar-refractivity contribution in [3.63, 3.8) is 0 Å². The summed E-state index contributed by atoms with van der Waals surface area (Å²) in [5.41, 5.74) is 0.961. The van der Waals surface area contributed by atoms with Crippen LogP contribution in [0.1, 0.15) is 18.2 Å². The lowest BCUT2D eigenvalue weighted by Gasteiger charge is -2.01. The summed E-state index contributed by atoms with van der Waals surface area (Å²) < 4.78 is 14.8. The number of hydrogen-bond donors (Lipinski definition) is 1. The lowest BCUT2D eigenvalue weighted by Crippen LogP contribution is -2.11. The number of non-ortho nitro benzene ring substituents is 1. The molecule has 0 aliphatic heterocycles. The van der Waals surface area contributed by atoms with Crippen molar-refractivity contribution in [2.75, 3.05) is 6.54 Å². The SMILES string of the molecule is CCNCc1cn(Cc2cc(F)cc([N+](=O)[O-])c2)nn1. The van der Waals surface area contributed by atoms with Gasteiger partial charge < -0.3 is 5.32 Å². The predicted molar refractivity (Wildman–Crippen MR) is 69.6 cm³/mol. The molecule has 0 aliphatic carbocycles. The molecule has 2 aromatic rings. The van der Waals surface area contributed by atoms with Crippen molar-refractivity contribution in [1.82, 2.24) is 20.3 Å². The van der Waals surface area contributed by atoms with Gasteiger partial charge >= 0.3 is 0 Å². The molecule has 1 N–H and O–H groups in total. The molecule has 2 rings (SSSR count). The molecule has 0 saturated carbocycles. The lowest BCUT2D eigenvalue weighted by atomic mass is 10.2. The fourth-order valence-electron chi connectivity index (χ4n) is 1.77. The molecule has 8 heteroatoms. The van der Waals surface area contributed by atoms with E-state index in [4.69, 9.17) is 0 Å². The van der Waals surface area contributed by atoms with Crippen LogP contribution >= 0.6 is 0 Å². The third kappa shape index (κ3) is 3.58. The Kier molecular flexibility index (Phi) is 4.36. The van der Waals surface area contributed by atoms with Gasteiger partial charge in [0.2, 0.25) is 0 Å². The van der Waals surface area contributed by atoms with Gasteiger partial charge in [-0.05, 0) is 18.2 Å². The summed E-state index contributed by atoms with van der Waals surface area (Å²) in [6, 6.07) is 3.47. The number of aromatic nitrogens is 3. The molecule has 0 fully saturated rings. The highest BCUT2D eigenvalue weighted by Crippen LogP contribution is 2.17. The number of nitrogens with zero attached hydrogens (tertiary/aromatic N) is 4. The van der Waals surface area contributed by atoms with Crippen LogP contribution in [0.25, 0.3) is 0 Å². The highest BCUT2D eigenvalue weighted by molar-refractivity contribution is 5.35. The van der Waals surface area contributed by atoms with Gasteiger partial charge in [0.1, 0.15) is 5.82 Å². The summed E-state index contributed by atoms with van der Waals surface area (Å²) in [6.07, 6.45) is 1.72. The smallest absolute Gasteiger partial charge is 0.272 e. The van der Waals surface area contributed by atoms with Crippen molar-refractivity contribution in [2.45, 2.75) is 20.0 Å². The van der Waals surface area contributed by atoms with Crippen molar-refractivity contribution >= 4 is 5.69 Å². The Hall–Kier alpha value is -2.35. The van der Waals surface area contributed by atoms with E-state index in [-0.39, 0.29) is 12.2 Å².